The Morgan fingerprint density at radius 3 is 2.43 bits per heavy atom. The molecule has 1 aromatic heterocycles. The summed E-state index contributed by atoms with van der Waals surface area (Å²) >= 11 is 0. The average molecular weight is 314 g/mol. The summed E-state index contributed by atoms with van der Waals surface area (Å²) in [7, 11) is 0. The molecular weight excluding hydrogens is 292 g/mol. The Bertz CT molecular complexity index is 691. The molecule has 0 saturated carbocycles. The fraction of sp³-hybridized carbons (Fsp3) is 0.353. The normalized spacial score (nSPS) is 11.1. The Kier molecular flexibility index (Phi) is 4.83. The summed E-state index contributed by atoms with van der Waals surface area (Å²) in [5, 5.41) is 2.68. The van der Waals surface area contributed by atoms with Crippen LogP contribution in [-0.4, -0.2) is 21.7 Å². The largest absolute Gasteiger partial charge is 0.444 e. The van der Waals surface area contributed by atoms with E-state index in [2.05, 4.69) is 15.3 Å². The zero-order chi connectivity index (χ0) is 17.0. The van der Waals surface area contributed by atoms with Crippen molar-refractivity contribution in [3.8, 4) is 11.4 Å². The second-order valence-electron chi connectivity index (χ2n) is 6.17. The number of ether oxygens (including phenoxy) is 1. The van der Waals surface area contributed by atoms with Crippen molar-refractivity contribution in [1.29, 1.82) is 0 Å². The highest BCUT2D eigenvalue weighted by atomic mass is 16.6. The Morgan fingerprint density at radius 1 is 1.22 bits per heavy atom. The second-order valence-corrected chi connectivity index (χ2v) is 6.17. The minimum Gasteiger partial charge on any atom is -0.444 e. The molecular formula is C17H22N4O2. The minimum absolute atomic E-state index is 0.447. The number of nitrogens with one attached hydrogen (secondary N) is 1. The lowest BCUT2D eigenvalue weighted by atomic mass is 10.2. The van der Waals surface area contributed by atoms with Crippen molar-refractivity contribution in [3.05, 3.63) is 36.0 Å². The monoisotopic (exact) mass is 314 g/mol. The summed E-state index contributed by atoms with van der Waals surface area (Å²) < 4.78 is 5.21. The molecule has 0 aliphatic carbocycles. The van der Waals surface area contributed by atoms with Crippen LogP contribution in [0, 0.1) is 0 Å². The van der Waals surface area contributed by atoms with Crippen LogP contribution in [0.5, 0.6) is 0 Å². The molecule has 0 aliphatic heterocycles. The Balaban J connectivity index is 2.13. The SMILES string of the molecule is CCc1cc(N)nc(-c2ccc(NC(=O)OC(C)(C)C)cc2)n1. The van der Waals surface area contributed by atoms with Gasteiger partial charge in [-0.25, -0.2) is 14.8 Å². The lowest BCUT2D eigenvalue weighted by Crippen LogP contribution is -2.27. The maximum atomic E-state index is 11.7. The number of nitrogens with zero attached hydrogens (tertiary/aromatic N) is 2. The van der Waals surface area contributed by atoms with Gasteiger partial charge in [0.1, 0.15) is 11.4 Å². The van der Waals surface area contributed by atoms with E-state index in [0.717, 1.165) is 17.7 Å². The molecule has 0 fully saturated rings. The molecule has 6 nitrogen and oxygen atoms in total. The highest BCUT2D eigenvalue weighted by Gasteiger charge is 2.16. The Labute approximate surface area is 136 Å². The van der Waals surface area contributed by atoms with E-state index in [-0.39, 0.29) is 0 Å². The maximum absolute atomic E-state index is 11.7. The van der Waals surface area contributed by atoms with Crippen molar-refractivity contribution in [3.63, 3.8) is 0 Å². The minimum atomic E-state index is -0.532. The third-order valence-corrected chi connectivity index (χ3v) is 2.95. The summed E-state index contributed by atoms with van der Waals surface area (Å²) in [5.41, 5.74) is 7.64. The highest BCUT2D eigenvalue weighted by Crippen LogP contribution is 2.20. The summed E-state index contributed by atoms with van der Waals surface area (Å²) in [6.07, 6.45) is 0.302. The molecule has 2 aromatic rings. The number of rotatable bonds is 3. The molecule has 122 valence electrons. The van der Waals surface area contributed by atoms with E-state index in [1.54, 1.807) is 18.2 Å². The van der Waals surface area contributed by atoms with Gasteiger partial charge in [-0.1, -0.05) is 6.92 Å². The lowest BCUT2D eigenvalue weighted by Gasteiger charge is -2.19. The fourth-order valence-electron chi connectivity index (χ4n) is 1.95. The van der Waals surface area contributed by atoms with Crippen molar-refractivity contribution in [2.24, 2.45) is 0 Å². The van der Waals surface area contributed by atoms with E-state index in [1.807, 2.05) is 39.8 Å². The number of hydrogen-bond donors (Lipinski definition) is 2. The maximum Gasteiger partial charge on any atom is 0.412 e. The molecule has 1 amide bonds. The number of aryl methyl sites for hydroxylation is 1. The van der Waals surface area contributed by atoms with Crippen molar-refractivity contribution in [2.75, 3.05) is 11.1 Å². The molecule has 6 heteroatoms. The quantitative estimate of drug-likeness (QED) is 0.902. The summed E-state index contributed by atoms with van der Waals surface area (Å²) in [5.74, 6) is 1.02. The molecule has 0 radical (unpaired) electrons. The molecule has 3 N–H and O–H groups in total. The predicted molar refractivity (Wildman–Crippen MR) is 91.1 cm³/mol. The number of carbonyl (C=O) groups is 1. The van der Waals surface area contributed by atoms with Crippen molar-refractivity contribution in [1.82, 2.24) is 9.97 Å². The van der Waals surface area contributed by atoms with Crippen molar-refractivity contribution < 1.29 is 9.53 Å². The van der Waals surface area contributed by atoms with Gasteiger partial charge in [0.05, 0.1) is 0 Å². The van der Waals surface area contributed by atoms with E-state index in [4.69, 9.17) is 10.5 Å². The third kappa shape index (κ3) is 4.95. The van der Waals surface area contributed by atoms with Gasteiger partial charge in [0.2, 0.25) is 0 Å². The zero-order valence-electron chi connectivity index (χ0n) is 13.9. The molecule has 0 saturated heterocycles. The van der Waals surface area contributed by atoms with E-state index in [9.17, 15) is 4.79 Å². The number of anilines is 2. The lowest BCUT2D eigenvalue weighted by molar-refractivity contribution is 0.0636. The number of nitrogen functional groups attached to an aromatic ring is 1. The molecule has 0 atom stereocenters. The number of aromatic nitrogens is 2. The number of carbonyl (C=O) groups excluding carboxylic acids is 1. The van der Waals surface area contributed by atoms with E-state index in [0.29, 0.717) is 17.3 Å². The van der Waals surface area contributed by atoms with Crippen LogP contribution in [0.4, 0.5) is 16.3 Å². The van der Waals surface area contributed by atoms with Gasteiger partial charge in [-0.15, -0.1) is 0 Å². The van der Waals surface area contributed by atoms with Crippen LogP contribution in [-0.2, 0) is 11.2 Å². The second kappa shape index (κ2) is 6.64. The Morgan fingerprint density at radius 2 is 1.87 bits per heavy atom. The van der Waals surface area contributed by atoms with Crippen LogP contribution in [0.2, 0.25) is 0 Å². The highest BCUT2D eigenvalue weighted by molar-refractivity contribution is 5.85. The van der Waals surface area contributed by atoms with Crippen molar-refractivity contribution in [2.45, 2.75) is 39.7 Å². The molecule has 0 aliphatic rings. The molecule has 0 unspecified atom stereocenters. The summed E-state index contributed by atoms with van der Waals surface area (Å²) in [6.45, 7) is 7.47. The van der Waals surface area contributed by atoms with Gasteiger partial charge in [-0.2, -0.15) is 0 Å². The van der Waals surface area contributed by atoms with Crippen LogP contribution in [0.15, 0.2) is 30.3 Å². The standard InChI is InChI=1S/C17H22N4O2/c1-5-12-10-14(18)21-15(19-12)11-6-8-13(9-7-11)20-16(22)23-17(2,3)4/h6-10H,5H2,1-4H3,(H,20,22)(H2,18,19,21). The Hall–Kier alpha value is -2.63. The van der Waals surface area contributed by atoms with Gasteiger partial charge < -0.3 is 10.5 Å². The first-order valence-electron chi connectivity index (χ1n) is 7.50. The van der Waals surface area contributed by atoms with Crippen LogP contribution >= 0.6 is 0 Å². The van der Waals surface area contributed by atoms with Gasteiger partial charge in [-0.05, 0) is 51.5 Å². The molecule has 1 aromatic carbocycles. The van der Waals surface area contributed by atoms with Crippen LogP contribution in [0.25, 0.3) is 11.4 Å². The summed E-state index contributed by atoms with van der Waals surface area (Å²) in [4.78, 5) is 20.4. The first kappa shape index (κ1) is 16.7. The van der Waals surface area contributed by atoms with E-state index >= 15 is 0 Å². The van der Waals surface area contributed by atoms with Gasteiger partial charge >= 0.3 is 6.09 Å². The van der Waals surface area contributed by atoms with Gasteiger partial charge in [0, 0.05) is 23.0 Å². The first-order chi connectivity index (χ1) is 10.8. The zero-order valence-corrected chi connectivity index (χ0v) is 13.9. The third-order valence-electron chi connectivity index (χ3n) is 2.95. The van der Waals surface area contributed by atoms with E-state index in [1.165, 1.54) is 0 Å². The van der Waals surface area contributed by atoms with Crippen molar-refractivity contribution >= 4 is 17.6 Å². The molecule has 1 heterocycles. The van der Waals surface area contributed by atoms with Crippen LogP contribution in [0.3, 0.4) is 0 Å². The van der Waals surface area contributed by atoms with E-state index < -0.39 is 11.7 Å². The van der Waals surface area contributed by atoms with Gasteiger partial charge in [0.25, 0.3) is 0 Å². The molecule has 0 spiro atoms. The number of amides is 1. The smallest absolute Gasteiger partial charge is 0.412 e. The fourth-order valence-corrected chi connectivity index (χ4v) is 1.95. The predicted octanol–water partition coefficient (Wildman–Crippen LogP) is 3.64. The number of nitrogens with two attached hydrogens (primary N) is 1. The number of hydrogen-bond acceptors (Lipinski definition) is 5. The topological polar surface area (TPSA) is 90.1 Å². The molecule has 23 heavy (non-hydrogen) atoms. The van der Waals surface area contributed by atoms with Crippen LogP contribution < -0.4 is 11.1 Å². The van der Waals surface area contributed by atoms with Gasteiger partial charge in [0.15, 0.2) is 5.82 Å². The van der Waals surface area contributed by atoms with Gasteiger partial charge in [-0.3, -0.25) is 5.32 Å². The average Bonchev–Trinajstić information content (AvgIpc) is 2.45. The van der Waals surface area contributed by atoms with Crippen LogP contribution in [0.1, 0.15) is 33.4 Å². The molecule has 0 bridgehead atoms. The number of benzene rings is 1. The first-order valence-corrected chi connectivity index (χ1v) is 7.50. The summed E-state index contributed by atoms with van der Waals surface area (Å²) in [6, 6.07) is 8.98. The molecule has 2 rings (SSSR count).